The number of ketones is 1. The summed E-state index contributed by atoms with van der Waals surface area (Å²) in [5.74, 6) is -0.806. The Hall–Kier alpha value is -3.64. The molecule has 2 heterocycles. The summed E-state index contributed by atoms with van der Waals surface area (Å²) in [4.78, 5) is 45.9. The zero-order valence-electron chi connectivity index (χ0n) is 15.5. The third-order valence-corrected chi connectivity index (χ3v) is 3.57. The van der Waals surface area contributed by atoms with Gasteiger partial charge in [-0.25, -0.2) is 14.4 Å². The Morgan fingerprint density at radius 2 is 1.36 bits per heavy atom. The van der Waals surface area contributed by atoms with Gasteiger partial charge in [0.15, 0.2) is 5.78 Å². The van der Waals surface area contributed by atoms with E-state index in [0.29, 0.717) is 32.4 Å². The SMILES string of the molecule is COC(=O)/C=C\n1nnn(CCCCCn2nnn(/C=C/C(C)=O)c2=O)c1=O. The molecule has 0 unspecified atom stereocenters. The molecule has 0 fully saturated rings. The standard InChI is InChI=1S/C15H20N8O5/c1-12(24)6-10-22-14(26)20(16-18-22)8-4-3-5-9-21-15(27)23(19-17-21)11-7-13(25)28-2/h6-7,10-11H,3-5,8-9H2,1-2H3/b10-6+,11-7-. The van der Waals surface area contributed by atoms with Crippen LogP contribution in [0.15, 0.2) is 21.7 Å². The van der Waals surface area contributed by atoms with Crippen LogP contribution >= 0.6 is 0 Å². The number of carbonyl (C=O) groups excluding carboxylic acids is 2. The fourth-order valence-corrected chi connectivity index (χ4v) is 2.12. The first-order valence-electron chi connectivity index (χ1n) is 8.42. The molecule has 0 saturated carbocycles. The summed E-state index contributed by atoms with van der Waals surface area (Å²) in [6, 6.07) is 0. The molecule has 150 valence electrons. The van der Waals surface area contributed by atoms with E-state index in [0.717, 1.165) is 15.4 Å². The van der Waals surface area contributed by atoms with E-state index in [4.69, 9.17) is 0 Å². The van der Waals surface area contributed by atoms with Gasteiger partial charge < -0.3 is 4.74 Å². The van der Waals surface area contributed by atoms with E-state index in [1.807, 2.05) is 0 Å². The summed E-state index contributed by atoms with van der Waals surface area (Å²) in [6.07, 6.45) is 6.71. The molecule has 0 spiro atoms. The number of hydrogen-bond acceptors (Lipinski definition) is 9. The van der Waals surface area contributed by atoms with Crippen LogP contribution in [0.5, 0.6) is 0 Å². The Balaban J connectivity index is 1.80. The Morgan fingerprint density at radius 1 is 0.857 bits per heavy atom. The van der Waals surface area contributed by atoms with Gasteiger partial charge in [0.2, 0.25) is 0 Å². The summed E-state index contributed by atoms with van der Waals surface area (Å²) >= 11 is 0. The fourth-order valence-electron chi connectivity index (χ4n) is 2.12. The lowest BCUT2D eigenvalue weighted by molar-refractivity contribution is -0.134. The van der Waals surface area contributed by atoms with Gasteiger partial charge in [-0.05, 0) is 53.1 Å². The maximum Gasteiger partial charge on any atom is 0.367 e. The molecule has 0 amide bonds. The van der Waals surface area contributed by atoms with Crippen LogP contribution in [0.3, 0.4) is 0 Å². The van der Waals surface area contributed by atoms with E-state index in [9.17, 15) is 19.2 Å². The van der Waals surface area contributed by atoms with Crippen molar-refractivity contribution in [3.8, 4) is 0 Å². The number of unbranched alkanes of at least 4 members (excludes halogenated alkanes) is 2. The molecule has 0 radical (unpaired) electrons. The van der Waals surface area contributed by atoms with E-state index in [1.54, 1.807) is 0 Å². The largest absolute Gasteiger partial charge is 0.466 e. The summed E-state index contributed by atoms with van der Waals surface area (Å²) in [6.45, 7) is 2.06. The number of allylic oxidation sites excluding steroid dienone is 1. The van der Waals surface area contributed by atoms with Gasteiger partial charge in [-0.15, -0.1) is 0 Å². The monoisotopic (exact) mass is 392 g/mol. The van der Waals surface area contributed by atoms with Crippen LogP contribution in [0.2, 0.25) is 0 Å². The highest BCUT2D eigenvalue weighted by Crippen LogP contribution is 1.98. The molecular weight excluding hydrogens is 372 g/mol. The third kappa shape index (κ3) is 5.69. The number of aromatic nitrogens is 8. The van der Waals surface area contributed by atoms with Crippen molar-refractivity contribution < 1.29 is 14.3 Å². The normalized spacial score (nSPS) is 11.5. The Labute approximate surface area is 158 Å². The predicted molar refractivity (Wildman–Crippen MR) is 95.8 cm³/mol. The van der Waals surface area contributed by atoms with Crippen LogP contribution < -0.4 is 11.4 Å². The number of esters is 1. The Bertz CT molecular complexity index is 993. The maximum absolute atomic E-state index is 12.0. The molecule has 0 aliphatic carbocycles. The van der Waals surface area contributed by atoms with Crippen LogP contribution in [-0.2, 0) is 27.4 Å². The Kier molecular flexibility index (Phi) is 7.30. The average Bonchev–Trinajstić information content (AvgIpc) is 3.20. The number of nitrogens with zero attached hydrogens (tertiary/aromatic N) is 8. The molecule has 2 aromatic rings. The second-order valence-corrected chi connectivity index (χ2v) is 5.68. The van der Waals surface area contributed by atoms with Crippen molar-refractivity contribution in [3.63, 3.8) is 0 Å². The molecule has 0 aromatic carbocycles. The first kappa shape index (κ1) is 20.7. The highest BCUT2D eigenvalue weighted by molar-refractivity contribution is 5.89. The number of hydrogen-bond donors (Lipinski definition) is 0. The minimum atomic E-state index is -0.606. The van der Waals surface area contributed by atoms with E-state index in [-0.39, 0.29) is 5.78 Å². The summed E-state index contributed by atoms with van der Waals surface area (Å²) in [5.41, 5.74) is -0.911. The van der Waals surface area contributed by atoms with Gasteiger partial charge in [-0.1, -0.05) is 0 Å². The molecule has 0 saturated heterocycles. The lowest BCUT2D eigenvalue weighted by Crippen LogP contribution is -2.24. The molecule has 13 heteroatoms. The number of rotatable bonds is 10. The minimum Gasteiger partial charge on any atom is -0.466 e. The van der Waals surface area contributed by atoms with Gasteiger partial charge in [0.1, 0.15) is 0 Å². The summed E-state index contributed by atoms with van der Waals surface area (Å²) in [7, 11) is 1.23. The van der Waals surface area contributed by atoms with Crippen molar-refractivity contribution in [2.75, 3.05) is 7.11 Å². The zero-order valence-corrected chi connectivity index (χ0v) is 15.5. The number of tetrazole rings is 2. The van der Waals surface area contributed by atoms with Gasteiger partial charge in [-0.3, -0.25) is 4.79 Å². The van der Waals surface area contributed by atoms with Crippen molar-refractivity contribution in [2.24, 2.45) is 0 Å². The molecular formula is C15H20N8O5. The zero-order chi connectivity index (χ0) is 20.5. The first-order valence-corrected chi connectivity index (χ1v) is 8.42. The smallest absolute Gasteiger partial charge is 0.367 e. The number of ether oxygens (including phenoxy) is 1. The number of aryl methyl sites for hydroxylation is 2. The van der Waals surface area contributed by atoms with Gasteiger partial charge >= 0.3 is 17.3 Å². The van der Waals surface area contributed by atoms with Crippen LogP contribution in [-0.4, -0.2) is 58.4 Å². The number of methoxy groups -OCH3 is 1. The maximum atomic E-state index is 12.0. The molecule has 0 N–H and O–H groups in total. The molecule has 0 aliphatic heterocycles. The minimum absolute atomic E-state index is 0.200. The second-order valence-electron chi connectivity index (χ2n) is 5.68. The van der Waals surface area contributed by atoms with E-state index in [1.165, 1.54) is 41.9 Å². The molecule has 0 aliphatic rings. The van der Waals surface area contributed by atoms with Gasteiger partial charge in [0, 0.05) is 31.6 Å². The van der Waals surface area contributed by atoms with Crippen LogP contribution in [0, 0.1) is 0 Å². The Morgan fingerprint density at radius 3 is 1.82 bits per heavy atom. The van der Waals surface area contributed by atoms with Gasteiger partial charge in [-0.2, -0.15) is 18.7 Å². The average molecular weight is 392 g/mol. The molecule has 0 bridgehead atoms. The predicted octanol–water partition coefficient (Wildman–Crippen LogP) is -1.23. The molecule has 0 atom stereocenters. The topological polar surface area (TPSA) is 149 Å². The highest BCUT2D eigenvalue weighted by atomic mass is 16.5. The summed E-state index contributed by atoms with van der Waals surface area (Å²) in [5, 5.41) is 14.8. The van der Waals surface area contributed by atoms with E-state index >= 15 is 0 Å². The lowest BCUT2D eigenvalue weighted by atomic mass is 10.2. The van der Waals surface area contributed by atoms with Crippen molar-refractivity contribution in [1.29, 1.82) is 0 Å². The van der Waals surface area contributed by atoms with E-state index < -0.39 is 17.3 Å². The quantitative estimate of drug-likeness (QED) is 0.275. The second kappa shape index (κ2) is 9.89. The van der Waals surface area contributed by atoms with Gasteiger partial charge in [0.05, 0.1) is 7.11 Å². The molecule has 2 rings (SSSR count). The molecule has 13 nitrogen and oxygen atoms in total. The van der Waals surface area contributed by atoms with Crippen molar-refractivity contribution >= 4 is 24.2 Å². The van der Waals surface area contributed by atoms with Crippen LogP contribution in [0.1, 0.15) is 26.2 Å². The van der Waals surface area contributed by atoms with E-state index in [2.05, 4.69) is 25.6 Å². The highest BCUT2D eigenvalue weighted by Gasteiger charge is 2.06. The number of carbonyl (C=O) groups is 2. The lowest BCUT2D eigenvalue weighted by Gasteiger charge is -2.00. The fraction of sp³-hybridized carbons (Fsp3) is 0.467. The third-order valence-electron chi connectivity index (χ3n) is 3.57. The van der Waals surface area contributed by atoms with Crippen LogP contribution in [0.25, 0.3) is 12.4 Å². The van der Waals surface area contributed by atoms with Crippen LogP contribution in [0.4, 0.5) is 0 Å². The summed E-state index contributed by atoms with van der Waals surface area (Å²) < 4.78 is 8.73. The van der Waals surface area contributed by atoms with Crippen molar-refractivity contribution in [2.45, 2.75) is 39.3 Å². The molecule has 2 aromatic heterocycles. The van der Waals surface area contributed by atoms with Crippen molar-refractivity contribution in [3.05, 3.63) is 33.1 Å². The van der Waals surface area contributed by atoms with Gasteiger partial charge in [0.25, 0.3) is 0 Å². The first-order chi connectivity index (χ1) is 13.4. The van der Waals surface area contributed by atoms with Crippen molar-refractivity contribution in [1.82, 2.24) is 39.6 Å². The molecule has 28 heavy (non-hydrogen) atoms.